The summed E-state index contributed by atoms with van der Waals surface area (Å²) in [5.74, 6) is 0.649. The summed E-state index contributed by atoms with van der Waals surface area (Å²) in [6.07, 6.45) is 8.52. The Bertz CT molecular complexity index is 874. The first-order chi connectivity index (χ1) is 14.6. The third kappa shape index (κ3) is 5.22. The first-order valence-electron chi connectivity index (χ1n) is 10.9. The number of nitrogens with one attached hydrogen (secondary N) is 3. The minimum atomic E-state index is -1.33. The van der Waals surface area contributed by atoms with Crippen LogP contribution >= 0.6 is 11.3 Å². The van der Waals surface area contributed by atoms with E-state index in [2.05, 4.69) is 15.4 Å². The summed E-state index contributed by atoms with van der Waals surface area (Å²) >= 11 is 1.68. The Kier molecular flexibility index (Phi) is 7.41. The SMILES string of the molecule is COc1ccc(-c2sc(NC3CCCCC3)nc2C)cc1S(=O)NC1CCCNC1. The molecule has 2 aliphatic rings. The van der Waals surface area contributed by atoms with Crippen LogP contribution in [0.15, 0.2) is 23.1 Å². The lowest BCUT2D eigenvalue weighted by Gasteiger charge is -2.23. The predicted octanol–water partition coefficient (Wildman–Crippen LogP) is 4.24. The van der Waals surface area contributed by atoms with Crippen molar-refractivity contribution in [2.24, 2.45) is 0 Å². The van der Waals surface area contributed by atoms with Crippen LogP contribution in [0.3, 0.4) is 0 Å². The predicted molar refractivity (Wildman–Crippen MR) is 125 cm³/mol. The van der Waals surface area contributed by atoms with E-state index in [1.54, 1.807) is 18.4 Å². The second-order valence-corrected chi connectivity index (χ2v) is 10.4. The first-order valence-corrected chi connectivity index (χ1v) is 12.9. The number of nitrogens with zero attached hydrogens (tertiary/aromatic N) is 1. The van der Waals surface area contributed by atoms with Gasteiger partial charge in [0.2, 0.25) is 0 Å². The molecule has 2 aromatic rings. The van der Waals surface area contributed by atoms with Gasteiger partial charge in [0.1, 0.15) is 16.7 Å². The van der Waals surface area contributed by atoms with Crippen molar-refractivity contribution in [1.29, 1.82) is 0 Å². The third-order valence-corrected chi connectivity index (χ3v) is 8.33. The smallest absolute Gasteiger partial charge is 0.183 e. The molecule has 1 saturated carbocycles. The molecule has 30 heavy (non-hydrogen) atoms. The number of aryl methyl sites for hydroxylation is 1. The Hall–Kier alpha value is -1.48. The van der Waals surface area contributed by atoms with Crippen LogP contribution in [-0.2, 0) is 11.0 Å². The van der Waals surface area contributed by atoms with Crippen LogP contribution in [-0.4, -0.2) is 41.5 Å². The number of hydrogen-bond acceptors (Lipinski definition) is 6. The summed E-state index contributed by atoms with van der Waals surface area (Å²) in [4.78, 5) is 6.58. The second-order valence-electron chi connectivity index (χ2n) is 8.21. The van der Waals surface area contributed by atoms with E-state index < -0.39 is 11.0 Å². The monoisotopic (exact) mass is 448 g/mol. The van der Waals surface area contributed by atoms with Crippen LogP contribution in [0.25, 0.3) is 10.4 Å². The molecule has 0 spiro atoms. The van der Waals surface area contributed by atoms with Gasteiger partial charge in [-0.2, -0.15) is 0 Å². The Morgan fingerprint density at radius 3 is 2.70 bits per heavy atom. The van der Waals surface area contributed by atoms with E-state index in [9.17, 15) is 4.21 Å². The highest BCUT2D eigenvalue weighted by atomic mass is 32.2. The number of aromatic nitrogens is 1. The van der Waals surface area contributed by atoms with Crippen molar-refractivity contribution >= 4 is 27.5 Å². The van der Waals surface area contributed by atoms with Gasteiger partial charge in [-0.15, -0.1) is 0 Å². The lowest BCUT2D eigenvalue weighted by Crippen LogP contribution is -2.43. The number of thiazole rings is 1. The molecule has 2 atom stereocenters. The van der Waals surface area contributed by atoms with Crippen LogP contribution in [0.4, 0.5) is 5.13 Å². The van der Waals surface area contributed by atoms with Gasteiger partial charge in [-0.05, 0) is 62.9 Å². The van der Waals surface area contributed by atoms with Crippen LogP contribution in [0.5, 0.6) is 5.75 Å². The molecule has 6 nitrogen and oxygen atoms in total. The van der Waals surface area contributed by atoms with Crippen LogP contribution < -0.4 is 20.1 Å². The summed E-state index contributed by atoms with van der Waals surface area (Å²) in [6.45, 7) is 3.92. The van der Waals surface area contributed by atoms with Gasteiger partial charge in [-0.3, -0.25) is 0 Å². The molecule has 1 aromatic carbocycles. The van der Waals surface area contributed by atoms with E-state index in [0.717, 1.165) is 47.2 Å². The fraction of sp³-hybridized carbons (Fsp3) is 0.591. The molecule has 1 aromatic heterocycles. The molecule has 2 heterocycles. The van der Waals surface area contributed by atoms with Gasteiger partial charge < -0.3 is 15.4 Å². The Morgan fingerprint density at radius 2 is 1.97 bits per heavy atom. The number of piperidine rings is 1. The number of benzene rings is 1. The van der Waals surface area contributed by atoms with Crippen molar-refractivity contribution in [3.05, 3.63) is 23.9 Å². The summed E-state index contributed by atoms with van der Waals surface area (Å²) in [6, 6.07) is 6.68. The van der Waals surface area contributed by atoms with Crippen LogP contribution in [0.1, 0.15) is 50.6 Å². The molecule has 0 radical (unpaired) electrons. The Balaban J connectivity index is 1.54. The average molecular weight is 449 g/mol. The Morgan fingerprint density at radius 1 is 1.17 bits per heavy atom. The molecule has 1 aliphatic heterocycles. The molecule has 3 N–H and O–H groups in total. The fourth-order valence-corrected chi connectivity index (χ4v) is 6.52. The average Bonchev–Trinajstić information content (AvgIpc) is 3.14. The molecule has 1 saturated heterocycles. The summed E-state index contributed by atoms with van der Waals surface area (Å²) in [7, 11) is 0.299. The zero-order valence-corrected chi connectivity index (χ0v) is 19.5. The highest BCUT2D eigenvalue weighted by Gasteiger charge is 2.21. The van der Waals surface area contributed by atoms with Crippen molar-refractivity contribution < 1.29 is 8.95 Å². The van der Waals surface area contributed by atoms with Crippen LogP contribution in [0, 0.1) is 6.92 Å². The molecular weight excluding hydrogens is 416 g/mol. The lowest BCUT2D eigenvalue weighted by atomic mass is 9.96. The van der Waals surface area contributed by atoms with Gasteiger partial charge in [-0.25, -0.2) is 13.9 Å². The van der Waals surface area contributed by atoms with Gasteiger partial charge in [0.15, 0.2) is 5.13 Å². The van der Waals surface area contributed by atoms with Crippen molar-refractivity contribution in [2.75, 3.05) is 25.5 Å². The standard InChI is InChI=1S/C22H32N4O2S2/c1-15-21(29-22(24-15)25-17-7-4-3-5-8-17)16-10-11-19(28-2)20(13-16)30(27)26-18-9-6-12-23-14-18/h10-11,13,17-18,23,26H,3-9,12,14H2,1-2H3,(H,24,25). The van der Waals surface area contributed by atoms with E-state index in [0.29, 0.717) is 16.7 Å². The van der Waals surface area contributed by atoms with E-state index in [1.165, 1.54) is 32.1 Å². The number of methoxy groups -OCH3 is 1. The molecule has 1 aliphatic carbocycles. The second kappa shape index (κ2) is 10.2. The van der Waals surface area contributed by atoms with Crippen molar-refractivity contribution in [1.82, 2.24) is 15.0 Å². The van der Waals surface area contributed by atoms with E-state index in [1.807, 2.05) is 25.1 Å². The normalized spacial score (nSPS) is 21.3. The molecule has 2 unspecified atom stereocenters. The van der Waals surface area contributed by atoms with Gasteiger partial charge in [0.25, 0.3) is 0 Å². The first kappa shape index (κ1) is 21.7. The number of hydrogen-bond donors (Lipinski definition) is 3. The number of ether oxygens (including phenoxy) is 1. The zero-order valence-electron chi connectivity index (χ0n) is 17.8. The van der Waals surface area contributed by atoms with Gasteiger partial charge in [0.05, 0.1) is 22.6 Å². The maximum Gasteiger partial charge on any atom is 0.183 e. The van der Waals surface area contributed by atoms with Gasteiger partial charge in [0, 0.05) is 18.6 Å². The summed E-state index contributed by atoms with van der Waals surface area (Å²) in [5, 5.41) is 7.97. The number of anilines is 1. The molecule has 0 bridgehead atoms. The molecule has 0 amide bonds. The molecule has 164 valence electrons. The summed E-state index contributed by atoms with van der Waals surface area (Å²) < 4.78 is 21.9. The maximum atomic E-state index is 13.1. The quantitative estimate of drug-likeness (QED) is 0.591. The van der Waals surface area contributed by atoms with E-state index in [4.69, 9.17) is 9.72 Å². The van der Waals surface area contributed by atoms with Crippen molar-refractivity contribution in [2.45, 2.75) is 68.8 Å². The largest absolute Gasteiger partial charge is 0.495 e. The van der Waals surface area contributed by atoms with Crippen molar-refractivity contribution in [3.63, 3.8) is 0 Å². The van der Waals surface area contributed by atoms with Crippen LogP contribution in [0.2, 0.25) is 0 Å². The molecule has 2 fully saturated rings. The summed E-state index contributed by atoms with van der Waals surface area (Å²) in [5.41, 5.74) is 2.04. The molecular formula is C22H32N4O2S2. The minimum absolute atomic E-state index is 0.212. The maximum absolute atomic E-state index is 13.1. The number of rotatable bonds is 7. The zero-order chi connectivity index (χ0) is 20.9. The van der Waals surface area contributed by atoms with Gasteiger partial charge in [-0.1, -0.05) is 30.6 Å². The highest BCUT2D eigenvalue weighted by molar-refractivity contribution is 7.83. The topological polar surface area (TPSA) is 75.3 Å². The molecule has 8 heteroatoms. The van der Waals surface area contributed by atoms with E-state index >= 15 is 0 Å². The molecule has 4 rings (SSSR count). The fourth-order valence-electron chi connectivity index (χ4n) is 4.28. The highest BCUT2D eigenvalue weighted by Crippen LogP contribution is 2.37. The van der Waals surface area contributed by atoms with Crippen molar-refractivity contribution in [3.8, 4) is 16.2 Å². The lowest BCUT2D eigenvalue weighted by molar-refractivity contribution is 0.402. The minimum Gasteiger partial charge on any atom is -0.495 e. The Labute approximate surface area is 185 Å². The third-order valence-electron chi connectivity index (χ3n) is 5.93. The van der Waals surface area contributed by atoms with E-state index in [-0.39, 0.29) is 6.04 Å². The van der Waals surface area contributed by atoms with Gasteiger partial charge >= 0.3 is 0 Å².